The summed E-state index contributed by atoms with van der Waals surface area (Å²) < 4.78 is 64.4. The van der Waals surface area contributed by atoms with E-state index in [4.69, 9.17) is 18.6 Å². The number of aliphatic hydroxyl groups is 1. The molecule has 1 unspecified atom stereocenters. The van der Waals surface area contributed by atoms with Crippen LogP contribution in [0.4, 0.5) is 13.2 Å². The molecule has 6 atom stereocenters. The minimum Gasteiger partial charge on any atom is -0.403 e. The first-order valence-corrected chi connectivity index (χ1v) is 16.9. The molecular weight excluding hydrogens is 501 g/mol. The molecule has 0 radical (unpaired) electrons. The fourth-order valence-corrected chi connectivity index (χ4v) is 8.08. The first-order valence-electron chi connectivity index (χ1n) is 14.0. The van der Waals surface area contributed by atoms with Crippen molar-refractivity contribution in [2.45, 2.75) is 121 Å². The van der Waals surface area contributed by atoms with E-state index in [1.165, 1.54) is 6.42 Å². The van der Waals surface area contributed by atoms with Gasteiger partial charge in [0.25, 0.3) is 0 Å². The summed E-state index contributed by atoms with van der Waals surface area (Å²) >= 11 is 0. The molecule has 0 amide bonds. The Hall–Kier alpha value is -0.633. The molecule has 4 rings (SSSR count). The second-order valence-corrected chi connectivity index (χ2v) is 17.8. The Morgan fingerprint density at radius 3 is 2.24 bits per heavy atom. The van der Waals surface area contributed by atoms with Crippen molar-refractivity contribution in [3.63, 3.8) is 0 Å². The maximum absolute atomic E-state index is 13.3. The van der Waals surface area contributed by atoms with Gasteiger partial charge in [-0.25, -0.2) is 0 Å². The quantitative estimate of drug-likeness (QED) is 0.336. The third-order valence-electron chi connectivity index (χ3n) is 9.79. The van der Waals surface area contributed by atoms with Crippen molar-refractivity contribution >= 4 is 8.32 Å². The first kappa shape index (κ1) is 29.4. The van der Waals surface area contributed by atoms with Crippen molar-refractivity contribution in [3.05, 3.63) is 0 Å². The monoisotopic (exact) mass is 546 g/mol. The summed E-state index contributed by atoms with van der Waals surface area (Å²) in [6.45, 7) is 12.2. The van der Waals surface area contributed by atoms with Crippen LogP contribution in [0.15, 0.2) is 0 Å². The third kappa shape index (κ3) is 5.40. The molecule has 9 heteroatoms. The highest BCUT2D eigenvalue weighted by molar-refractivity contribution is 6.74. The Balaban J connectivity index is 1.65. The van der Waals surface area contributed by atoms with Crippen LogP contribution in [-0.2, 0) is 18.6 Å². The van der Waals surface area contributed by atoms with Crippen LogP contribution >= 0.6 is 0 Å². The summed E-state index contributed by atoms with van der Waals surface area (Å²) in [5.41, 5.74) is -1.28. The number of alkyl halides is 3. The van der Waals surface area contributed by atoms with Crippen LogP contribution in [0.25, 0.3) is 0 Å². The highest BCUT2D eigenvalue weighted by Crippen LogP contribution is 2.66. The van der Waals surface area contributed by atoms with Gasteiger partial charge in [0.05, 0.1) is 25.2 Å². The molecule has 1 aliphatic heterocycles. The standard InChI is InChI=1S/C28H45F3O5Si/c1-19-24-21(12-13-23(20-10-8-7-9-11-20)36-37(5,6)25(2,3)4)22(32)14-15-26(24,35-18-27(29,30)31)28(19)33-16-17-34-28/h19-24,32H,7-11,14-18H2,1-6H3/t19?,21-,22+,23+,24+,26+/m0/s1. The van der Waals surface area contributed by atoms with Crippen LogP contribution in [0.5, 0.6) is 0 Å². The molecule has 1 spiro atoms. The molecule has 37 heavy (non-hydrogen) atoms. The highest BCUT2D eigenvalue weighted by Gasteiger charge is 2.78. The van der Waals surface area contributed by atoms with Crippen LogP contribution in [0.1, 0.15) is 72.6 Å². The largest absolute Gasteiger partial charge is 0.411 e. The molecule has 1 saturated heterocycles. The van der Waals surface area contributed by atoms with Gasteiger partial charge in [0, 0.05) is 11.8 Å². The number of rotatable bonds is 5. The predicted molar refractivity (Wildman–Crippen MR) is 137 cm³/mol. The van der Waals surface area contributed by atoms with Gasteiger partial charge in [0.1, 0.15) is 18.3 Å². The van der Waals surface area contributed by atoms with Gasteiger partial charge in [-0.05, 0) is 49.7 Å². The van der Waals surface area contributed by atoms with E-state index in [9.17, 15) is 18.3 Å². The molecule has 1 heterocycles. The smallest absolute Gasteiger partial charge is 0.403 e. The van der Waals surface area contributed by atoms with E-state index in [1.54, 1.807) is 0 Å². The second kappa shape index (κ2) is 10.4. The van der Waals surface area contributed by atoms with E-state index in [0.29, 0.717) is 19.1 Å². The first-order chi connectivity index (χ1) is 17.1. The molecule has 3 saturated carbocycles. The van der Waals surface area contributed by atoms with E-state index in [2.05, 4.69) is 45.7 Å². The molecule has 0 aromatic carbocycles. The zero-order valence-corrected chi connectivity index (χ0v) is 24.2. The average molecular weight is 547 g/mol. The van der Waals surface area contributed by atoms with Crippen molar-refractivity contribution in [3.8, 4) is 11.8 Å². The van der Waals surface area contributed by atoms with Gasteiger partial charge in [-0.3, -0.25) is 0 Å². The molecule has 0 bridgehead atoms. The van der Waals surface area contributed by atoms with Gasteiger partial charge in [-0.1, -0.05) is 58.8 Å². The van der Waals surface area contributed by atoms with E-state index >= 15 is 0 Å². The summed E-state index contributed by atoms with van der Waals surface area (Å²) in [4.78, 5) is 0. The predicted octanol–water partition coefficient (Wildman–Crippen LogP) is 6.06. The molecule has 0 aromatic rings. The van der Waals surface area contributed by atoms with Crippen molar-refractivity contribution in [1.82, 2.24) is 0 Å². The van der Waals surface area contributed by atoms with Crippen LogP contribution in [0.3, 0.4) is 0 Å². The Bertz CT molecular complexity index is 864. The number of aliphatic hydroxyl groups excluding tert-OH is 1. The Morgan fingerprint density at radius 2 is 1.68 bits per heavy atom. The summed E-state index contributed by atoms with van der Waals surface area (Å²) in [6, 6.07) is 0. The number of fused-ring (bicyclic) bond motifs is 2. The lowest BCUT2D eigenvalue weighted by molar-refractivity contribution is -0.426. The van der Waals surface area contributed by atoms with E-state index < -0.39 is 50.4 Å². The molecule has 4 aliphatic rings. The molecule has 1 N–H and O–H groups in total. The van der Waals surface area contributed by atoms with Gasteiger partial charge in [-0.15, -0.1) is 0 Å². The van der Waals surface area contributed by atoms with Crippen molar-refractivity contribution in [1.29, 1.82) is 0 Å². The molecule has 4 fully saturated rings. The summed E-state index contributed by atoms with van der Waals surface area (Å²) in [6.07, 6.45) is 0.703. The normalized spacial score (nSPS) is 35.4. The second-order valence-electron chi connectivity index (χ2n) is 13.1. The van der Waals surface area contributed by atoms with Gasteiger partial charge >= 0.3 is 6.18 Å². The molecule has 0 aromatic heterocycles. The number of ether oxygens (including phenoxy) is 3. The van der Waals surface area contributed by atoms with Crippen molar-refractivity contribution in [2.24, 2.45) is 23.7 Å². The lowest BCUT2D eigenvalue weighted by Crippen LogP contribution is -2.80. The Kier molecular flexibility index (Phi) is 8.25. The third-order valence-corrected chi connectivity index (χ3v) is 14.2. The topological polar surface area (TPSA) is 57.2 Å². The summed E-state index contributed by atoms with van der Waals surface area (Å²) in [7, 11) is -2.12. The lowest BCUT2D eigenvalue weighted by atomic mass is 9.47. The lowest BCUT2D eigenvalue weighted by Gasteiger charge is -2.68. The highest BCUT2D eigenvalue weighted by atomic mass is 28.4. The number of hydrogen-bond donors (Lipinski definition) is 1. The zero-order valence-electron chi connectivity index (χ0n) is 23.2. The number of hydrogen-bond acceptors (Lipinski definition) is 5. The van der Waals surface area contributed by atoms with Gasteiger partial charge < -0.3 is 23.7 Å². The maximum atomic E-state index is 13.3. The van der Waals surface area contributed by atoms with Gasteiger partial charge in [0.2, 0.25) is 5.79 Å². The minimum atomic E-state index is -4.47. The Labute approximate surface area is 221 Å². The van der Waals surface area contributed by atoms with E-state index in [0.717, 1.165) is 25.7 Å². The fourth-order valence-electron chi connectivity index (χ4n) is 6.84. The van der Waals surface area contributed by atoms with Gasteiger partial charge in [-0.2, -0.15) is 13.2 Å². The molecular formula is C28H45F3O5Si. The SMILES string of the molecule is CC1[C@@H]2[C@@H](C#C[C@@H](O[Si](C)(C)C(C)(C)C)C3CCCCC3)[C@H](O)CC[C@]2(OCC(F)(F)F)C12OCCO2. The maximum Gasteiger partial charge on any atom is 0.411 e. The van der Waals surface area contributed by atoms with Crippen molar-refractivity contribution < 1.29 is 36.9 Å². The molecule has 5 nitrogen and oxygen atoms in total. The molecule has 3 aliphatic carbocycles. The number of halogens is 3. The van der Waals surface area contributed by atoms with Crippen LogP contribution in [-0.4, -0.2) is 63.0 Å². The summed E-state index contributed by atoms with van der Waals surface area (Å²) in [5, 5.41) is 11.1. The van der Waals surface area contributed by atoms with Crippen LogP contribution in [0, 0.1) is 35.5 Å². The van der Waals surface area contributed by atoms with Crippen LogP contribution < -0.4 is 0 Å². The van der Waals surface area contributed by atoms with Crippen molar-refractivity contribution in [2.75, 3.05) is 19.8 Å². The average Bonchev–Trinajstić information content (AvgIpc) is 3.33. The summed E-state index contributed by atoms with van der Waals surface area (Å²) in [5.74, 6) is 4.68. The Morgan fingerprint density at radius 1 is 1.05 bits per heavy atom. The van der Waals surface area contributed by atoms with Crippen LogP contribution in [0.2, 0.25) is 18.1 Å². The molecule has 212 valence electrons. The zero-order chi connectivity index (χ0) is 27.3. The van der Waals surface area contributed by atoms with E-state index in [-0.39, 0.29) is 29.9 Å². The fraction of sp³-hybridized carbons (Fsp3) is 0.929. The minimum absolute atomic E-state index is 0.0263. The van der Waals surface area contributed by atoms with Gasteiger partial charge in [0.15, 0.2) is 8.32 Å². The van der Waals surface area contributed by atoms with E-state index in [1.807, 2.05) is 6.92 Å².